The normalized spacial score (nSPS) is 18.8. The van der Waals surface area contributed by atoms with E-state index in [1.807, 2.05) is 0 Å². The van der Waals surface area contributed by atoms with Gasteiger partial charge in [0.15, 0.2) is 0 Å². The molecule has 0 aromatic heterocycles. The van der Waals surface area contributed by atoms with E-state index in [0.29, 0.717) is 18.4 Å². The van der Waals surface area contributed by atoms with E-state index in [0.717, 1.165) is 31.4 Å². The van der Waals surface area contributed by atoms with Crippen molar-refractivity contribution in [3.63, 3.8) is 0 Å². The first-order chi connectivity index (χ1) is 9.27. The monoisotopic (exact) mass is 350 g/mol. The molecule has 20 heavy (non-hydrogen) atoms. The van der Waals surface area contributed by atoms with Crippen LogP contribution in [0, 0.1) is 0 Å². The maximum absolute atomic E-state index is 12.7. The van der Waals surface area contributed by atoms with Crippen molar-refractivity contribution >= 4 is 21.9 Å². The molecule has 0 saturated heterocycles. The molecule has 110 valence electrons. The van der Waals surface area contributed by atoms with Crippen LogP contribution < -0.4 is 0 Å². The van der Waals surface area contributed by atoms with Crippen LogP contribution >= 0.6 is 15.9 Å². The number of carboxylic acids is 1. The zero-order valence-electron chi connectivity index (χ0n) is 10.6. The van der Waals surface area contributed by atoms with Gasteiger partial charge < -0.3 is 5.11 Å². The molecule has 1 aromatic rings. The predicted octanol–water partition coefficient (Wildman–Crippen LogP) is 4.75. The highest BCUT2D eigenvalue weighted by Crippen LogP contribution is 2.44. The Morgan fingerprint density at radius 1 is 1.20 bits per heavy atom. The zero-order chi connectivity index (χ0) is 15.0. The van der Waals surface area contributed by atoms with Gasteiger partial charge in [0.2, 0.25) is 0 Å². The van der Waals surface area contributed by atoms with E-state index < -0.39 is 23.1 Å². The summed E-state index contributed by atoms with van der Waals surface area (Å²) in [5.74, 6) is -0.961. The molecule has 2 nitrogen and oxygen atoms in total. The summed E-state index contributed by atoms with van der Waals surface area (Å²) in [6.45, 7) is 0. The topological polar surface area (TPSA) is 37.3 Å². The maximum Gasteiger partial charge on any atom is 0.416 e. The first-order valence-electron chi connectivity index (χ1n) is 6.38. The van der Waals surface area contributed by atoms with Gasteiger partial charge >= 0.3 is 12.1 Å². The zero-order valence-corrected chi connectivity index (χ0v) is 12.2. The largest absolute Gasteiger partial charge is 0.481 e. The quantitative estimate of drug-likeness (QED) is 0.835. The molecule has 0 heterocycles. The third-order valence-electron chi connectivity index (χ3n) is 3.93. The summed E-state index contributed by atoms with van der Waals surface area (Å²) in [6.07, 6.45) is -0.977. The summed E-state index contributed by atoms with van der Waals surface area (Å²) in [4.78, 5) is 11.7. The van der Waals surface area contributed by atoms with Crippen molar-refractivity contribution < 1.29 is 23.1 Å². The molecule has 1 aliphatic carbocycles. The average Bonchev–Trinajstić information content (AvgIpc) is 2.38. The second-order valence-electron chi connectivity index (χ2n) is 5.14. The number of hydrogen-bond donors (Lipinski definition) is 1. The highest BCUT2D eigenvalue weighted by Gasteiger charge is 2.43. The number of carbonyl (C=O) groups is 1. The molecule has 0 atom stereocenters. The van der Waals surface area contributed by atoms with Gasteiger partial charge in [-0.1, -0.05) is 41.3 Å². The van der Waals surface area contributed by atoms with Gasteiger partial charge in [-0.15, -0.1) is 0 Å². The molecule has 2 rings (SSSR count). The molecule has 0 radical (unpaired) electrons. The van der Waals surface area contributed by atoms with Gasteiger partial charge in [-0.2, -0.15) is 13.2 Å². The van der Waals surface area contributed by atoms with Crippen molar-refractivity contribution in [2.24, 2.45) is 0 Å². The second-order valence-corrected chi connectivity index (χ2v) is 5.99. The van der Waals surface area contributed by atoms with Crippen LogP contribution in [0.2, 0.25) is 0 Å². The van der Waals surface area contributed by atoms with E-state index in [-0.39, 0.29) is 4.47 Å². The van der Waals surface area contributed by atoms with Gasteiger partial charge in [0, 0.05) is 4.47 Å². The number of halogens is 4. The summed E-state index contributed by atoms with van der Waals surface area (Å²) in [5, 5.41) is 9.55. The molecule has 1 aliphatic rings. The summed E-state index contributed by atoms with van der Waals surface area (Å²) in [5.41, 5.74) is -1.40. The minimum Gasteiger partial charge on any atom is -0.481 e. The van der Waals surface area contributed by atoms with E-state index in [9.17, 15) is 23.1 Å². The first-order valence-corrected chi connectivity index (χ1v) is 7.17. The Morgan fingerprint density at radius 2 is 1.80 bits per heavy atom. The number of alkyl halides is 3. The maximum atomic E-state index is 12.7. The SMILES string of the molecule is O=C(O)C1(c2ccc(C(F)(F)F)cc2Br)CCCCC1. The van der Waals surface area contributed by atoms with Gasteiger partial charge in [-0.05, 0) is 30.5 Å². The predicted molar refractivity (Wildman–Crippen MR) is 71.5 cm³/mol. The number of hydrogen-bond acceptors (Lipinski definition) is 1. The Kier molecular flexibility index (Phi) is 4.14. The van der Waals surface area contributed by atoms with Crippen molar-refractivity contribution in [2.75, 3.05) is 0 Å². The smallest absolute Gasteiger partial charge is 0.416 e. The van der Waals surface area contributed by atoms with E-state index >= 15 is 0 Å². The Bertz CT molecular complexity index is 520. The third-order valence-corrected chi connectivity index (χ3v) is 4.58. The molecule has 1 saturated carbocycles. The van der Waals surface area contributed by atoms with E-state index in [4.69, 9.17) is 0 Å². The minimum absolute atomic E-state index is 0.219. The summed E-state index contributed by atoms with van der Waals surface area (Å²) in [6, 6.07) is 3.22. The molecule has 1 N–H and O–H groups in total. The van der Waals surface area contributed by atoms with Crippen molar-refractivity contribution in [3.8, 4) is 0 Å². The molecular formula is C14H14BrF3O2. The molecule has 0 spiro atoms. The second kappa shape index (κ2) is 5.39. The van der Waals surface area contributed by atoms with Crippen molar-refractivity contribution in [1.82, 2.24) is 0 Å². The molecule has 0 aliphatic heterocycles. The molecular weight excluding hydrogens is 337 g/mol. The summed E-state index contributed by atoms with van der Waals surface area (Å²) >= 11 is 3.12. The fourth-order valence-corrected chi connectivity index (χ4v) is 3.59. The molecule has 1 aromatic carbocycles. The van der Waals surface area contributed by atoms with Crippen molar-refractivity contribution in [1.29, 1.82) is 0 Å². The highest BCUT2D eigenvalue weighted by atomic mass is 79.9. The summed E-state index contributed by atoms with van der Waals surface area (Å²) in [7, 11) is 0. The molecule has 1 fully saturated rings. The van der Waals surface area contributed by atoms with Gasteiger partial charge in [0.25, 0.3) is 0 Å². The van der Waals surface area contributed by atoms with Crippen LogP contribution in [-0.2, 0) is 16.4 Å². The minimum atomic E-state index is -4.43. The van der Waals surface area contributed by atoms with Crippen LogP contribution in [-0.4, -0.2) is 11.1 Å². The van der Waals surface area contributed by atoms with Crippen molar-refractivity contribution in [3.05, 3.63) is 33.8 Å². The van der Waals surface area contributed by atoms with Gasteiger partial charge in [-0.25, -0.2) is 0 Å². The van der Waals surface area contributed by atoms with Gasteiger partial charge in [-0.3, -0.25) is 4.79 Å². The standard InChI is InChI=1S/C14H14BrF3O2/c15-11-8-9(14(16,17)18)4-5-10(11)13(12(19)20)6-2-1-3-7-13/h4-5,8H,1-3,6-7H2,(H,19,20). The highest BCUT2D eigenvalue weighted by molar-refractivity contribution is 9.10. The summed E-state index contributed by atoms with van der Waals surface area (Å²) < 4.78 is 38.2. The number of rotatable bonds is 2. The van der Waals surface area contributed by atoms with Gasteiger partial charge in [0.05, 0.1) is 11.0 Å². The van der Waals surface area contributed by atoms with Crippen LogP contribution in [0.5, 0.6) is 0 Å². The Labute approximate surface area is 123 Å². The average molecular weight is 351 g/mol. The number of carboxylic acid groups (broad SMARTS) is 1. The van der Waals surface area contributed by atoms with Crippen LogP contribution in [0.15, 0.2) is 22.7 Å². The fourth-order valence-electron chi connectivity index (χ4n) is 2.83. The third kappa shape index (κ3) is 2.71. The number of benzene rings is 1. The fraction of sp³-hybridized carbons (Fsp3) is 0.500. The van der Waals surface area contributed by atoms with E-state index in [1.165, 1.54) is 6.07 Å². The lowest BCUT2D eigenvalue weighted by Gasteiger charge is -2.34. The molecule has 6 heteroatoms. The first kappa shape index (κ1) is 15.4. The van der Waals surface area contributed by atoms with Gasteiger partial charge in [0.1, 0.15) is 0 Å². The lowest BCUT2D eigenvalue weighted by Crippen LogP contribution is -2.38. The van der Waals surface area contributed by atoms with Crippen LogP contribution in [0.3, 0.4) is 0 Å². The lowest BCUT2D eigenvalue weighted by atomic mass is 9.69. The molecule has 0 unspecified atom stereocenters. The lowest BCUT2D eigenvalue weighted by molar-refractivity contribution is -0.145. The van der Waals surface area contributed by atoms with E-state index in [1.54, 1.807) is 0 Å². The van der Waals surface area contributed by atoms with Crippen LogP contribution in [0.4, 0.5) is 13.2 Å². The molecule has 0 amide bonds. The van der Waals surface area contributed by atoms with Crippen molar-refractivity contribution in [2.45, 2.75) is 43.7 Å². The number of aliphatic carboxylic acids is 1. The Hall–Kier alpha value is -1.04. The van der Waals surface area contributed by atoms with Crippen LogP contribution in [0.25, 0.3) is 0 Å². The molecule has 0 bridgehead atoms. The Morgan fingerprint density at radius 3 is 2.25 bits per heavy atom. The van der Waals surface area contributed by atoms with E-state index in [2.05, 4.69) is 15.9 Å². The Balaban J connectivity index is 2.48. The van der Waals surface area contributed by atoms with Crippen LogP contribution in [0.1, 0.15) is 43.2 Å².